The molecule has 0 spiro atoms. The van der Waals surface area contributed by atoms with E-state index in [9.17, 15) is 14.7 Å². The second-order valence-corrected chi connectivity index (χ2v) is 11.5. The molecule has 6 rings (SSSR count). The average Bonchev–Trinajstić information content (AvgIpc) is 3.34. The van der Waals surface area contributed by atoms with Crippen molar-refractivity contribution in [1.82, 2.24) is 9.80 Å². The number of rotatable bonds is 9. The van der Waals surface area contributed by atoms with E-state index in [0.29, 0.717) is 21.9 Å². The molecule has 0 saturated carbocycles. The maximum Gasteiger partial charge on any atom is 0.246 e. The number of carbonyl (C=O) groups excluding carboxylic acids is 2. The largest absolute Gasteiger partial charge is 0.508 e. The number of hydrogen-bond donors (Lipinski definition) is 1. The summed E-state index contributed by atoms with van der Waals surface area (Å²) in [6.45, 7) is 4.09. The van der Waals surface area contributed by atoms with Gasteiger partial charge in [0.1, 0.15) is 28.2 Å². The molecular weight excluding hydrogens is 536 g/mol. The minimum absolute atomic E-state index is 0.0940. The van der Waals surface area contributed by atoms with Crippen LogP contribution in [0.2, 0.25) is 0 Å². The summed E-state index contributed by atoms with van der Waals surface area (Å²) in [5.74, 6) is 1.95. The lowest BCUT2D eigenvalue weighted by Crippen LogP contribution is -2.53. The lowest BCUT2D eigenvalue weighted by atomic mass is 10.1. The molecule has 2 aliphatic rings. The maximum atomic E-state index is 13.3. The van der Waals surface area contributed by atoms with Crippen LogP contribution in [0.15, 0.2) is 84.9 Å². The second-order valence-electron chi connectivity index (χ2n) is 10.5. The molecule has 3 aromatic carbocycles. The van der Waals surface area contributed by atoms with Crippen LogP contribution in [-0.4, -0.2) is 65.4 Å². The molecule has 3 heterocycles. The van der Waals surface area contributed by atoms with Crippen molar-refractivity contribution in [3.63, 3.8) is 0 Å². The SMILES string of the molecule is O=C(c1ccccc1)c1sc2cc(O)ccc2c1Oc1ccc(OC2CN(C/C=C/C(=O)N3CCCCC3)C2)cc1. The second kappa shape index (κ2) is 12.2. The number of phenols is 1. The van der Waals surface area contributed by atoms with E-state index in [1.165, 1.54) is 17.8 Å². The molecule has 0 bridgehead atoms. The first-order chi connectivity index (χ1) is 20.0. The van der Waals surface area contributed by atoms with Crippen LogP contribution in [-0.2, 0) is 4.79 Å². The molecule has 41 heavy (non-hydrogen) atoms. The number of hydrogen-bond acceptors (Lipinski definition) is 7. The van der Waals surface area contributed by atoms with Gasteiger partial charge in [0.25, 0.3) is 0 Å². The van der Waals surface area contributed by atoms with Gasteiger partial charge in [-0.25, -0.2) is 0 Å². The Bertz CT molecular complexity index is 1550. The number of likely N-dealkylation sites (tertiary alicyclic amines) is 2. The van der Waals surface area contributed by atoms with Crippen molar-refractivity contribution in [2.75, 3.05) is 32.7 Å². The van der Waals surface area contributed by atoms with E-state index in [4.69, 9.17) is 9.47 Å². The first-order valence-corrected chi connectivity index (χ1v) is 14.8. The summed E-state index contributed by atoms with van der Waals surface area (Å²) in [6.07, 6.45) is 7.16. The zero-order valence-electron chi connectivity index (χ0n) is 22.7. The van der Waals surface area contributed by atoms with E-state index >= 15 is 0 Å². The van der Waals surface area contributed by atoms with Crippen molar-refractivity contribution < 1.29 is 24.2 Å². The Morgan fingerprint density at radius 1 is 0.927 bits per heavy atom. The zero-order chi connectivity index (χ0) is 28.2. The van der Waals surface area contributed by atoms with Crippen LogP contribution in [0.4, 0.5) is 0 Å². The van der Waals surface area contributed by atoms with Crippen molar-refractivity contribution in [1.29, 1.82) is 0 Å². The molecule has 0 radical (unpaired) electrons. The van der Waals surface area contributed by atoms with Gasteiger partial charge in [0.05, 0.1) is 0 Å². The third-order valence-electron chi connectivity index (χ3n) is 7.43. The van der Waals surface area contributed by atoms with Gasteiger partial charge in [0.2, 0.25) is 11.7 Å². The van der Waals surface area contributed by atoms with Crippen molar-refractivity contribution in [3.05, 3.63) is 95.4 Å². The summed E-state index contributed by atoms with van der Waals surface area (Å²) in [4.78, 5) is 30.3. The van der Waals surface area contributed by atoms with E-state index in [2.05, 4.69) is 4.90 Å². The number of aromatic hydroxyl groups is 1. The van der Waals surface area contributed by atoms with Gasteiger partial charge in [-0.15, -0.1) is 11.3 Å². The summed E-state index contributed by atoms with van der Waals surface area (Å²) in [6, 6.07) is 21.5. The smallest absolute Gasteiger partial charge is 0.246 e. The number of benzene rings is 3. The molecule has 7 nitrogen and oxygen atoms in total. The number of ketones is 1. The minimum Gasteiger partial charge on any atom is -0.508 e. The lowest BCUT2D eigenvalue weighted by molar-refractivity contribution is -0.126. The quantitative estimate of drug-likeness (QED) is 0.190. The summed E-state index contributed by atoms with van der Waals surface area (Å²) in [7, 11) is 0. The molecule has 0 unspecified atom stereocenters. The molecule has 2 fully saturated rings. The summed E-state index contributed by atoms with van der Waals surface area (Å²) in [5.41, 5.74) is 0.579. The van der Waals surface area contributed by atoms with E-state index < -0.39 is 0 Å². The summed E-state index contributed by atoms with van der Waals surface area (Å²) in [5, 5.41) is 10.8. The highest BCUT2D eigenvalue weighted by atomic mass is 32.1. The van der Waals surface area contributed by atoms with Crippen molar-refractivity contribution in [2.24, 2.45) is 0 Å². The topological polar surface area (TPSA) is 79.3 Å². The predicted octanol–water partition coefficient (Wildman–Crippen LogP) is 6.26. The third-order valence-corrected chi connectivity index (χ3v) is 8.56. The van der Waals surface area contributed by atoms with Crippen LogP contribution in [0.5, 0.6) is 23.0 Å². The van der Waals surface area contributed by atoms with Crippen molar-refractivity contribution >= 4 is 33.1 Å². The van der Waals surface area contributed by atoms with Crippen molar-refractivity contribution in [3.8, 4) is 23.0 Å². The van der Waals surface area contributed by atoms with E-state index in [1.54, 1.807) is 36.4 Å². The standard InChI is InChI=1S/C33H32N2O5S/c36-24-11-16-28-29(20-24)41-33(31(38)23-8-3-1-4-9-23)32(28)40-26-14-12-25(13-15-26)39-27-21-34(22-27)17-7-10-30(37)35-18-5-2-6-19-35/h1,3-4,7-16,20,27,36H,2,5-6,17-19,21-22H2/b10-7+. The molecule has 4 aromatic rings. The third kappa shape index (κ3) is 6.29. The van der Waals surface area contributed by atoms with Gasteiger partial charge in [-0.05, 0) is 61.7 Å². The number of phenolic OH excluding ortho intramolecular Hbond substituents is 1. The van der Waals surface area contributed by atoms with Crippen LogP contribution in [0.3, 0.4) is 0 Å². The highest BCUT2D eigenvalue weighted by Gasteiger charge is 2.28. The van der Waals surface area contributed by atoms with Gasteiger partial charge in [-0.1, -0.05) is 36.4 Å². The molecule has 1 aromatic heterocycles. The Morgan fingerprint density at radius 2 is 1.66 bits per heavy atom. The van der Waals surface area contributed by atoms with Crippen LogP contribution < -0.4 is 9.47 Å². The van der Waals surface area contributed by atoms with E-state index in [1.807, 2.05) is 53.4 Å². The van der Waals surface area contributed by atoms with Gasteiger partial charge in [-0.2, -0.15) is 0 Å². The Balaban J connectivity index is 1.06. The summed E-state index contributed by atoms with van der Waals surface area (Å²) < 4.78 is 13.2. The van der Waals surface area contributed by atoms with Gasteiger partial charge in [0, 0.05) is 54.4 Å². The van der Waals surface area contributed by atoms with E-state index in [-0.39, 0.29) is 23.5 Å². The Morgan fingerprint density at radius 3 is 2.41 bits per heavy atom. The normalized spacial score (nSPS) is 16.1. The summed E-state index contributed by atoms with van der Waals surface area (Å²) >= 11 is 1.31. The first-order valence-electron chi connectivity index (χ1n) is 14.0. The van der Waals surface area contributed by atoms with Gasteiger partial charge < -0.3 is 19.5 Å². The zero-order valence-corrected chi connectivity index (χ0v) is 23.5. The van der Waals surface area contributed by atoms with Crippen LogP contribution >= 0.6 is 11.3 Å². The number of thiophene rings is 1. The molecule has 210 valence electrons. The van der Waals surface area contributed by atoms with Crippen LogP contribution in [0.25, 0.3) is 10.1 Å². The highest BCUT2D eigenvalue weighted by Crippen LogP contribution is 2.42. The molecule has 8 heteroatoms. The fourth-order valence-corrected chi connectivity index (χ4v) is 6.32. The number of piperidine rings is 1. The molecular formula is C33H32N2O5S. The highest BCUT2D eigenvalue weighted by molar-refractivity contribution is 7.21. The minimum atomic E-state index is -0.124. The monoisotopic (exact) mass is 568 g/mol. The molecule has 2 saturated heterocycles. The number of ether oxygens (including phenoxy) is 2. The Kier molecular flexibility index (Phi) is 8.02. The van der Waals surface area contributed by atoms with Gasteiger partial charge in [-0.3, -0.25) is 14.5 Å². The molecule has 1 amide bonds. The Hall–Kier alpha value is -4.14. The first kappa shape index (κ1) is 27.1. The van der Waals surface area contributed by atoms with Crippen LogP contribution in [0, 0.1) is 0 Å². The predicted molar refractivity (Wildman–Crippen MR) is 160 cm³/mol. The lowest BCUT2D eigenvalue weighted by Gasteiger charge is -2.38. The van der Waals surface area contributed by atoms with Crippen molar-refractivity contribution in [2.45, 2.75) is 25.4 Å². The van der Waals surface area contributed by atoms with Crippen LogP contribution in [0.1, 0.15) is 34.5 Å². The van der Waals surface area contributed by atoms with Gasteiger partial charge >= 0.3 is 0 Å². The maximum absolute atomic E-state index is 13.3. The molecule has 2 aliphatic heterocycles. The average molecular weight is 569 g/mol. The van der Waals surface area contributed by atoms with Gasteiger partial charge in [0.15, 0.2) is 5.75 Å². The fourth-order valence-electron chi connectivity index (χ4n) is 5.20. The number of nitrogens with zero attached hydrogens (tertiary/aromatic N) is 2. The molecule has 0 aliphatic carbocycles. The Labute approximate surface area is 243 Å². The number of fused-ring (bicyclic) bond motifs is 1. The molecule has 1 N–H and O–H groups in total. The number of carbonyl (C=O) groups is 2. The molecule has 0 atom stereocenters. The van der Waals surface area contributed by atoms with E-state index in [0.717, 1.165) is 61.4 Å². The number of amides is 1. The fraction of sp³-hybridized carbons (Fsp3) is 0.273.